The predicted molar refractivity (Wildman–Crippen MR) is 91.4 cm³/mol. The van der Waals surface area contributed by atoms with Crippen LogP contribution in [0.4, 0.5) is 0 Å². The van der Waals surface area contributed by atoms with E-state index in [1.54, 1.807) is 36.2 Å². The molecule has 1 aromatic carbocycles. The second-order valence-corrected chi connectivity index (χ2v) is 5.86. The lowest BCUT2D eigenvalue weighted by atomic mass is 10.1. The average molecular weight is 332 g/mol. The lowest BCUT2D eigenvalue weighted by Crippen LogP contribution is -2.36. The fourth-order valence-corrected chi connectivity index (χ4v) is 2.47. The minimum Gasteiger partial charge on any atom is -0.484 e. The molecular formula is C18H24N2O4. The number of nitrogens with two attached hydrogens (primary N) is 1. The molecule has 0 aromatic heterocycles. The van der Waals surface area contributed by atoms with Crippen LogP contribution in [-0.2, 0) is 14.3 Å². The van der Waals surface area contributed by atoms with Crippen LogP contribution in [0.15, 0.2) is 30.3 Å². The molecule has 1 saturated heterocycles. The van der Waals surface area contributed by atoms with Gasteiger partial charge in [0.25, 0.3) is 5.91 Å². The average Bonchev–Trinajstić information content (AvgIpc) is 2.59. The molecule has 6 heteroatoms. The van der Waals surface area contributed by atoms with Crippen molar-refractivity contribution in [3.05, 3.63) is 35.9 Å². The molecule has 1 atom stereocenters. The van der Waals surface area contributed by atoms with Gasteiger partial charge in [-0.2, -0.15) is 0 Å². The molecule has 2 rings (SSSR count). The largest absolute Gasteiger partial charge is 0.484 e. The quantitative estimate of drug-likeness (QED) is 0.769. The normalized spacial score (nSPS) is 17.6. The summed E-state index contributed by atoms with van der Waals surface area (Å²) < 4.78 is 10.8. The van der Waals surface area contributed by atoms with E-state index in [1.807, 2.05) is 12.1 Å². The zero-order valence-electron chi connectivity index (χ0n) is 13.9. The lowest BCUT2D eigenvalue weighted by molar-refractivity contribution is -0.127. The van der Waals surface area contributed by atoms with Gasteiger partial charge in [-0.1, -0.05) is 12.1 Å². The number of likely N-dealkylation sites (N-methyl/N-ethyl adjacent to an activating group) is 1. The van der Waals surface area contributed by atoms with Crippen molar-refractivity contribution in [2.45, 2.75) is 25.4 Å². The van der Waals surface area contributed by atoms with Gasteiger partial charge in [-0.25, -0.2) is 0 Å². The van der Waals surface area contributed by atoms with Crippen molar-refractivity contribution >= 4 is 17.9 Å². The second-order valence-electron chi connectivity index (χ2n) is 5.86. The van der Waals surface area contributed by atoms with Crippen molar-refractivity contribution in [1.82, 2.24) is 4.90 Å². The summed E-state index contributed by atoms with van der Waals surface area (Å²) >= 11 is 0. The number of ether oxygens (including phenoxy) is 2. The first-order valence-corrected chi connectivity index (χ1v) is 8.10. The van der Waals surface area contributed by atoms with Crippen molar-refractivity contribution in [3.8, 4) is 5.75 Å². The van der Waals surface area contributed by atoms with Gasteiger partial charge in [-0.05, 0) is 43.0 Å². The number of primary amides is 1. The van der Waals surface area contributed by atoms with Crippen LogP contribution in [0.2, 0.25) is 0 Å². The number of hydrogen-bond acceptors (Lipinski definition) is 4. The summed E-state index contributed by atoms with van der Waals surface area (Å²) in [7, 11) is 1.78. The van der Waals surface area contributed by atoms with Gasteiger partial charge in [0.05, 0.1) is 6.10 Å². The summed E-state index contributed by atoms with van der Waals surface area (Å²) in [4.78, 5) is 24.5. The van der Waals surface area contributed by atoms with Gasteiger partial charge >= 0.3 is 0 Å². The topological polar surface area (TPSA) is 81.9 Å². The van der Waals surface area contributed by atoms with Crippen molar-refractivity contribution in [2.75, 3.05) is 26.8 Å². The highest BCUT2D eigenvalue weighted by Crippen LogP contribution is 2.15. The summed E-state index contributed by atoms with van der Waals surface area (Å²) in [5, 5.41) is 0. The molecule has 1 aromatic rings. The number of carbonyl (C=O) groups excluding carboxylic acids is 2. The zero-order valence-corrected chi connectivity index (χ0v) is 13.9. The second kappa shape index (κ2) is 9.08. The maximum Gasteiger partial charge on any atom is 0.255 e. The van der Waals surface area contributed by atoms with Crippen molar-refractivity contribution < 1.29 is 19.1 Å². The summed E-state index contributed by atoms with van der Waals surface area (Å²) in [6.45, 7) is 1.25. The first-order chi connectivity index (χ1) is 11.5. The molecule has 0 saturated carbocycles. The predicted octanol–water partition coefficient (Wildman–Crippen LogP) is 1.59. The number of benzene rings is 1. The lowest BCUT2D eigenvalue weighted by Gasteiger charge is -2.26. The monoisotopic (exact) mass is 332 g/mol. The number of nitrogens with zero attached hydrogens (tertiary/aromatic N) is 1. The summed E-state index contributed by atoms with van der Waals surface area (Å²) in [6, 6.07) is 7.08. The molecule has 2 N–H and O–H groups in total. The van der Waals surface area contributed by atoms with E-state index in [4.69, 9.17) is 15.2 Å². The molecule has 1 aliphatic heterocycles. The fraction of sp³-hybridized carbons (Fsp3) is 0.444. The number of rotatable bonds is 7. The SMILES string of the molecule is CN(CC1CCCCO1)C(=O)C=Cc1ccc(OCC(N)=O)cc1. The molecule has 0 spiro atoms. The van der Waals surface area contributed by atoms with Crippen molar-refractivity contribution in [3.63, 3.8) is 0 Å². The Balaban J connectivity index is 1.82. The number of carbonyl (C=O) groups is 2. The highest BCUT2D eigenvalue weighted by atomic mass is 16.5. The summed E-state index contributed by atoms with van der Waals surface area (Å²) in [5.74, 6) is -0.0170. The first kappa shape index (κ1) is 18.0. The van der Waals surface area contributed by atoms with Crippen LogP contribution in [0, 0.1) is 0 Å². The molecule has 2 amide bonds. The number of amides is 2. The van der Waals surface area contributed by atoms with E-state index < -0.39 is 5.91 Å². The molecule has 1 aliphatic rings. The van der Waals surface area contributed by atoms with Crippen molar-refractivity contribution in [1.29, 1.82) is 0 Å². The maximum atomic E-state index is 12.1. The van der Waals surface area contributed by atoms with Gasteiger partial charge < -0.3 is 20.1 Å². The van der Waals surface area contributed by atoms with Crippen molar-refractivity contribution in [2.24, 2.45) is 5.73 Å². The molecule has 0 radical (unpaired) electrons. The van der Waals surface area contributed by atoms with Gasteiger partial charge in [-0.15, -0.1) is 0 Å². The van der Waals surface area contributed by atoms with E-state index in [1.165, 1.54) is 0 Å². The highest BCUT2D eigenvalue weighted by Gasteiger charge is 2.17. The van der Waals surface area contributed by atoms with Gasteiger partial charge in [0, 0.05) is 26.3 Å². The first-order valence-electron chi connectivity index (χ1n) is 8.10. The third kappa shape index (κ3) is 6.04. The Bertz CT molecular complexity index is 577. The Morgan fingerprint density at radius 1 is 1.33 bits per heavy atom. The molecule has 24 heavy (non-hydrogen) atoms. The molecule has 6 nitrogen and oxygen atoms in total. The summed E-state index contributed by atoms with van der Waals surface area (Å²) in [5.41, 5.74) is 5.89. The van der Waals surface area contributed by atoms with E-state index >= 15 is 0 Å². The van der Waals surface area contributed by atoms with Crippen LogP contribution >= 0.6 is 0 Å². The van der Waals surface area contributed by atoms with Gasteiger partial charge in [-0.3, -0.25) is 9.59 Å². The molecule has 0 aliphatic carbocycles. The Morgan fingerprint density at radius 2 is 2.08 bits per heavy atom. The Hall–Kier alpha value is -2.34. The van der Waals surface area contributed by atoms with Crippen LogP contribution in [0.3, 0.4) is 0 Å². The third-order valence-corrected chi connectivity index (χ3v) is 3.81. The number of hydrogen-bond donors (Lipinski definition) is 1. The van der Waals surface area contributed by atoms with E-state index in [9.17, 15) is 9.59 Å². The molecule has 1 fully saturated rings. The molecule has 130 valence electrons. The maximum absolute atomic E-state index is 12.1. The van der Waals surface area contributed by atoms with Crippen LogP contribution < -0.4 is 10.5 Å². The Labute approximate surface area is 142 Å². The third-order valence-electron chi connectivity index (χ3n) is 3.81. The van der Waals surface area contributed by atoms with Crippen LogP contribution in [0.5, 0.6) is 5.75 Å². The Kier molecular flexibility index (Phi) is 6.81. The Morgan fingerprint density at radius 3 is 2.71 bits per heavy atom. The molecular weight excluding hydrogens is 308 g/mol. The van der Waals surface area contributed by atoms with Gasteiger partial charge in [0.2, 0.25) is 5.91 Å². The van der Waals surface area contributed by atoms with Crippen LogP contribution in [0.25, 0.3) is 6.08 Å². The van der Waals surface area contributed by atoms with Crippen LogP contribution in [0.1, 0.15) is 24.8 Å². The molecule has 1 heterocycles. The molecule has 0 bridgehead atoms. The zero-order chi connectivity index (χ0) is 17.4. The van der Waals surface area contributed by atoms with Gasteiger partial charge in [0.1, 0.15) is 5.75 Å². The molecule has 1 unspecified atom stereocenters. The van der Waals surface area contributed by atoms with Gasteiger partial charge in [0.15, 0.2) is 6.61 Å². The minimum absolute atomic E-state index is 0.0572. The smallest absolute Gasteiger partial charge is 0.255 e. The van der Waals surface area contributed by atoms with Crippen LogP contribution in [-0.4, -0.2) is 49.6 Å². The van der Waals surface area contributed by atoms with E-state index in [0.717, 1.165) is 31.4 Å². The van der Waals surface area contributed by atoms with E-state index in [-0.39, 0.29) is 18.6 Å². The minimum atomic E-state index is -0.519. The summed E-state index contributed by atoms with van der Waals surface area (Å²) in [6.07, 6.45) is 6.71. The fourth-order valence-electron chi connectivity index (χ4n) is 2.47. The standard InChI is InChI=1S/C18H24N2O4/c1-20(12-16-4-2-3-11-23-16)18(22)10-7-14-5-8-15(9-6-14)24-13-17(19)21/h5-10,16H,2-4,11-13H2,1H3,(H2,19,21). The highest BCUT2D eigenvalue weighted by molar-refractivity contribution is 5.91. The van der Waals surface area contributed by atoms with E-state index in [2.05, 4.69) is 0 Å². The van der Waals surface area contributed by atoms with E-state index in [0.29, 0.717) is 12.3 Å².